The number of carbonyl (C=O) groups is 3. The number of aliphatic hydroxyl groups is 1. The number of nitrogens with two attached hydrogens (primary N) is 1. The van der Waals surface area contributed by atoms with Gasteiger partial charge < -0.3 is 30.2 Å². The Kier molecular flexibility index (Phi) is 13.1. The minimum Gasteiger partial charge on any atom is -0.444 e. The summed E-state index contributed by atoms with van der Waals surface area (Å²) in [6.45, 7) is 5.19. The van der Waals surface area contributed by atoms with Crippen LogP contribution in [-0.4, -0.2) is 61.7 Å². The highest BCUT2D eigenvalue weighted by Crippen LogP contribution is 2.33. The molecule has 1 heterocycles. The van der Waals surface area contributed by atoms with Crippen LogP contribution in [0, 0.1) is 5.92 Å². The molecular formula is C36H49N5O6. The monoisotopic (exact) mass is 647 g/mol. The molecule has 254 valence electrons. The maximum absolute atomic E-state index is 14.5. The summed E-state index contributed by atoms with van der Waals surface area (Å²) in [6, 6.07) is 16.8. The third kappa shape index (κ3) is 10.7. The molecule has 2 aromatic carbocycles. The molecule has 0 radical (unpaired) electrons. The average molecular weight is 648 g/mol. The van der Waals surface area contributed by atoms with Gasteiger partial charge in [0.2, 0.25) is 5.91 Å². The zero-order valence-corrected chi connectivity index (χ0v) is 27.7. The minimum absolute atomic E-state index is 0.0987. The van der Waals surface area contributed by atoms with Crippen LogP contribution in [0.3, 0.4) is 0 Å². The lowest BCUT2D eigenvalue weighted by molar-refractivity contribution is -0.152. The zero-order valence-electron chi connectivity index (χ0n) is 27.7. The van der Waals surface area contributed by atoms with Gasteiger partial charge in [-0.25, -0.2) is 9.78 Å². The molecule has 11 nitrogen and oxygen atoms in total. The number of aromatic nitrogens is 2. The Hall–Kier alpha value is -4.06. The van der Waals surface area contributed by atoms with Crippen molar-refractivity contribution in [1.82, 2.24) is 19.8 Å². The highest BCUT2D eigenvalue weighted by molar-refractivity contribution is 6.00. The number of imide groups is 1. The number of nitrogens with zero attached hydrogens (tertiary/aromatic N) is 3. The summed E-state index contributed by atoms with van der Waals surface area (Å²) in [5.41, 5.74) is 6.87. The van der Waals surface area contributed by atoms with Crippen molar-refractivity contribution < 1.29 is 29.0 Å². The van der Waals surface area contributed by atoms with E-state index < -0.39 is 48.2 Å². The van der Waals surface area contributed by atoms with Crippen LogP contribution in [0.15, 0.2) is 73.1 Å². The van der Waals surface area contributed by atoms with E-state index in [4.69, 9.17) is 15.2 Å². The van der Waals surface area contributed by atoms with Crippen LogP contribution in [0.2, 0.25) is 0 Å². The Morgan fingerprint density at radius 3 is 2.28 bits per heavy atom. The smallest absolute Gasteiger partial charge is 0.408 e. The Balaban J connectivity index is 1.66. The third-order valence-electron chi connectivity index (χ3n) is 8.30. The number of alkyl carbamates (subject to hydrolysis) is 1. The lowest BCUT2D eigenvalue weighted by Gasteiger charge is -2.38. The van der Waals surface area contributed by atoms with E-state index in [1.54, 1.807) is 37.7 Å². The molecule has 3 amide bonds. The van der Waals surface area contributed by atoms with E-state index >= 15 is 0 Å². The number of benzene rings is 2. The number of nitrogens with one attached hydrogen (secondary N) is 1. The number of ether oxygens (including phenoxy) is 2. The summed E-state index contributed by atoms with van der Waals surface area (Å²) in [7, 11) is 0. The first-order chi connectivity index (χ1) is 22.6. The molecule has 1 fully saturated rings. The summed E-state index contributed by atoms with van der Waals surface area (Å²) < 4.78 is 13.1. The van der Waals surface area contributed by atoms with Gasteiger partial charge in [-0.2, -0.15) is 0 Å². The van der Waals surface area contributed by atoms with E-state index in [0.29, 0.717) is 13.0 Å². The summed E-state index contributed by atoms with van der Waals surface area (Å²) >= 11 is 0. The molecule has 0 aliphatic heterocycles. The van der Waals surface area contributed by atoms with E-state index in [2.05, 4.69) is 10.3 Å². The lowest BCUT2D eigenvalue weighted by atomic mass is 9.83. The topological polar surface area (TPSA) is 149 Å². The summed E-state index contributed by atoms with van der Waals surface area (Å²) in [5, 5.41) is 14.7. The number of amides is 3. The fourth-order valence-electron chi connectivity index (χ4n) is 6.08. The molecule has 1 aromatic heterocycles. The van der Waals surface area contributed by atoms with Gasteiger partial charge in [0.05, 0.1) is 19.2 Å². The molecule has 0 bridgehead atoms. The van der Waals surface area contributed by atoms with Crippen molar-refractivity contribution in [2.75, 3.05) is 6.54 Å². The van der Waals surface area contributed by atoms with Crippen molar-refractivity contribution in [2.24, 2.45) is 11.7 Å². The summed E-state index contributed by atoms with van der Waals surface area (Å²) in [4.78, 5) is 46.7. The fraction of sp³-hybridized carbons (Fsp3) is 0.500. The van der Waals surface area contributed by atoms with Crippen LogP contribution in [0.1, 0.15) is 82.4 Å². The summed E-state index contributed by atoms with van der Waals surface area (Å²) in [6.07, 6.45) is 6.60. The van der Waals surface area contributed by atoms with Gasteiger partial charge in [0, 0.05) is 18.8 Å². The van der Waals surface area contributed by atoms with Crippen molar-refractivity contribution in [3.63, 3.8) is 0 Å². The Morgan fingerprint density at radius 2 is 1.66 bits per heavy atom. The highest BCUT2D eigenvalue weighted by atomic mass is 16.6. The first kappa shape index (κ1) is 35.8. The molecule has 3 aromatic rings. The van der Waals surface area contributed by atoms with E-state index in [1.807, 2.05) is 60.7 Å². The first-order valence-corrected chi connectivity index (χ1v) is 16.5. The van der Waals surface area contributed by atoms with Gasteiger partial charge in [-0.3, -0.25) is 14.5 Å². The van der Waals surface area contributed by atoms with E-state index in [-0.39, 0.29) is 24.9 Å². The molecule has 1 aliphatic rings. The number of hydrogen-bond donors (Lipinski definition) is 3. The molecule has 0 spiro atoms. The molecule has 1 unspecified atom stereocenters. The molecule has 0 saturated heterocycles. The quantitative estimate of drug-likeness (QED) is 0.224. The van der Waals surface area contributed by atoms with Crippen LogP contribution in [-0.2, 0) is 38.8 Å². The van der Waals surface area contributed by atoms with Gasteiger partial charge in [0.1, 0.15) is 30.3 Å². The number of aliphatic hydroxyl groups excluding tert-OH is 1. The van der Waals surface area contributed by atoms with Crippen LogP contribution in [0.5, 0.6) is 0 Å². The number of carbonyl (C=O) groups excluding carboxylic acids is 3. The third-order valence-corrected chi connectivity index (χ3v) is 8.30. The number of hydrogen-bond acceptors (Lipinski definition) is 8. The van der Waals surface area contributed by atoms with Crippen molar-refractivity contribution in [3.8, 4) is 0 Å². The molecule has 4 N–H and O–H groups in total. The second kappa shape index (κ2) is 17.2. The molecular weight excluding hydrogens is 598 g/mol. The van der Waals surface area contributed by atoms with Gasteiger partial charge in [-0.1, -0.05) is 92.8 Å². The second-order valence-electron chi connectivity index (χ2n) is 13.2. The van der Waals surface area contributed by atoms with Crippen molar-refractivity contribution in [3.05, 3.63) is 90.0 Å². The maximum atomic E-state index is 14.5. The maximum Gasteiger partial charge on any atom is 0.408 e. The predicted molar refractivity (Wildman–Crippen MR) is 178 cm³/mol. The Labute approximate surface area is 277 Å². The molecule has 47 heavy (non-hydrogen) atoms. The predicted octanol–water partition coefficient (Wildman–Crippen LogP) is 4.88. The van der Waals surface area contributed by atoms with Crippen LogP contribution in [0.4, 0.5) is 4.79 Å². The van der Waals surface area contributed by atoms with Gasteiger partial charge in [-0.15, -0.1) is 0 Å². The van der Waals surface area contributed by atoms with Crippen molar-refractivity contribution in [1.29, 1.82) is 0 Å². The molecule has 4 rings (SSSR count). The second-order valence-corrected chi connectivity index (χ2v) is 13.2. The van der Waals surface area contributed by atoms with Crippen LogP contribution >= 0.6 is 0 Å². The van der Waals surface area contributed by atoms with Gasteiger partial charge in [0.25, 0.3) is 5.91 Å². The fourth-order valence-corrected chi connectivity index (χ4v) is 6.08. The lowest BCUT2D eigenvalue weighted by Crippen LogP contribution is -2.58. The SMILES string of the molecule is CC(C)(C)OC(=O)N[C@@H](Cc1ccccc1)C(=O)N(C(=O)CN)[C@@H](CC1CCCCC1)C(O)c1nccn1COCc1ccccc1. The van der Waals surface area contributed by atoms with E-state index in [0.717, 1.165) is 48.1 Å². The van der Waals surface area contributed by atoms with Gasteiger partial charge in [0.15, 0.2) is 0 Å². The van der Waals surface area contributed by atoms with E-state index in [1.165, 1.54) is 0 Å². The number of imidazole rings is 1. The van der Waals surface area contributed by atoms with Crippen LogP contribution < -0.4 is 11.1 Å². The minimum atomic E-state index is -1.34. The Morgan fingerprint density at radius 1 is 1.02 bits per heavy atom. The molecule has 1 saturated carbocycles. The van der Waals surface area contributed by atoms with Gasteiger partial charge >= 0.3 is 6.09 Å². The molecule has 11 heteroatoms. The highest BCUT2D eigenvalue weighted by Gasteiger charge is 2.41. The molecule has 3 atom stereocenters. The van der Waals surface area contributed by atoms with Crippen LogP contribution in [0.25, 0.3) is 0 Å². The summed E-state index contributed by atoms with van der Waals surface area (Å²) in [5.74, 6) is -0.889. The largest absolute Gasteiger partial charge is 0.444 e. The standard InChI is InChI=1S/C36H49N5O6/c1-36(2,3)47-35(45)39-29(21-26-13-7-4-8-14-26)34(44)41(31(42)23-37)30(22-27-15-9-5-10-16-27)32(43)33-38-19-20-40(33)25-46-24-28-17-11-6-12-18-28/h4,6-8,11-14,17-20,27,29-30,32,43H,5,9-10,15-16,21-25,37H2,1-3H3,(H,39,45)/t29-,30-,32?/m0/s1. The van der Waals surface area contributed by atoms with Crippen molar-refractivity contribution >= 4 is 17.9 Å². The zero-order chi connectivity index (χ0) is 33.8. The Bertz CT molecular complexity index is 1420. The number of rotatable bonds is 14. The average Bonchev–Trinajstić information content (AvgIpc) is 3.52. The van der Waals surface area contributed by atoms with Gasteiger partial charge in [-0.05, 0) is 44.2 Å². The van der Waals surface area contributed by atoms with E-state index in [9.17, 15) is 19.5 Å². The first-order valence-electron chi connectivity index (χ1n) is 16.5. The normalized spacial score (nSPS) is 15.8. The molecule has 1 aliphatic carbocycles. The van der Waals surface area contributed by atoms with Crippen molar-refractivity contribution in [2.45, 2.75) is 103 Å².